The average molecular weight is 399 g/mol. The minimum Gasteiger partial charge on any atom is -0.330 e. The highest BCUT2D eigenvalue weighted by Crippen LogP contribution is 2.24. The molecule has 6 nitrogen and oxygen atoms in total. The lowest BCUT2D eigenvalue weighted by Crippen LogP contribution is -2.39. The molecule has 7 heteroatoms. The Bertz CT molecular complexity index is 1030. The Morgan fingerprint density at radius 1 is 1.14 bits per heavy atom. The van der Waals surface area contributed by atoms with Gasteiger partial charge in [-0.3, -0.25) is 4.90 Å². The predicted molar refractivity (Wildman–Crippen MR) is 111 cm³/mol. The lowest BCUT2D eigenvalue weighted by atomic mass is 10.1. The molecule has 2 heterocycles. The third-order valence-electron chi connectivity index (χ3n) is 5.52. The largest absolute Gasteiger partial charge is 0.330 e. The monoisotopic (exact) mass is 398 g/mol. The van der Waals surface area contributed by atoms with Crippen LogP contribution in [0.4, 0.5) is 0 Å². The minimum atomic E-state index is -3.35. The molecular weight excluding hydrogens is 372 g/mol. The van der Waals surface area contributed by atoms with Crippen LogP contribution < -0.4 is 4.72 Å². The van der Waals surface area contributed by atoms with Crippen LogP contribution in [0.25, 0.3) is 11.0 Å². The topological polar surface area (TPSA) is 67.2 Å². The molecule has 0 spiro atoms. The summed E-state index contributed by atoms with van der Waals surface area (Å²) in [6.45, 7) is 4.21. The SMILES string of the molecule is CC(c1ccccc1)N1CCC(NS(=O)(=O)CCn2cnc3ccccc32)C1. The molecule has 1 N–H and O–H groups in total. The summed E-state index contributed by atoms with van der Waals surface area (Å²) >= 11 is 0. The Kier molecular flexibility index (Phi) is 5.48. The zero-order chi connectivity index (χ0) is 19.6. The van der Waals surface area contributed by atoms with Crippen LogP contribution >= 0.6 is 0 Å². The number of hydrogen-bond acceptors (Lipinski definition) is 4. The fourth-order valence-corrected chi connectivity index (χ4v) is 5.15. The summed E-state index contributed by atoms with van der Waals surface area (Å²) in [4.78, 5) is 6.66. The molecule has 2 atom stereocenters. The minimum absolute atomic E-state index is 0.0318. The van der Waals surface area contributed by atoms with Gasteiger partial charge >= 0.3 is 0 Å². The van der Waals surface area contributed by atoms with E-state index in [0.29, 0.717) is 6.54 Å². The second kappa shape index (κ2) is 8.03. The summed E-state index contributed by atoms with van der Waals surface area (Å²) in [7, 11) is -3.35. The van der Waals surface area contributed by atoms with Crippen molar-refractivity contribution in [1.82, 2.24) is 19.2 Å². The molecule has 0 radical (unpaired) electrons. The van der Waals surface area contributed by atoms with E-state index in [9.17, 15) is 8.42 Å². The van der Waals surface area contributed by atoms with Crippen LogP contribution in [-0.4, -0.2) is 47.8 Å². The van der Waals surface area contributed by atoms with Gasteiger partial charge in [0.1, 0.15) is 0 Å². The Balaban J connectivity index is 1.33. The maximum Gasteiger partial charge on any atom is 0.213 e. The van der Waals surface area contributed by atoms with Crippen LogP contribution in [0, 0.1) is 0 Å². The van der Waals surface area contributed by atoms with Gasteiger partial charge in [0.25, 0.3) is 0 Å². The van der Waals surface area contributed by atoms with Gasteiger partial charge in [0, 0.05) is 31.7 Å². The second-order valence-electron chi connectivity index (χ2n) is 7.43. The summed E-state index contributed by atoms with van der Waals surface area (Å²) in [6, 6.07) is 18.4. The molecule has 0 saturated carbocycles. The van der Waals surface area contributed by atoms with E-state index in [1.807, 2.05) is 47.0 Å². The van der Waals surface area contributed by atoms with E-state index >= 15 is 0 Å². The fraction of sp³-hybridized carbons (Fsp3) is 0.381. The number of nitrogens with one attached hydrogen (secondary N) is 1. The summed E-state index contributed by atoms with van der Waals surface area (Å²) in [5.41, 5.74) is 3.11. The first-order chi connectivity index (χ1) is 13.5. The quantitative estimate of drug-likeness (QED) is 0.665. The number of aromatic nitrogens is 2. The van der Waals surface area contributed by atoms with Gasteiger partial charge in [-0.2, -0.15) is 0 Å². The molecule has 0 amide bonds. The highest BCUT2D eigenvalue weighted by molar-refractivity contribution is 7.89. The number of aryl methyl sites for hydroxylation is 1. The molecule has 4 rings (SSSR count). The van der Waals surface area contributed by atoms with Crippen molar-refractivity contribution in [3.63, 3.8) is 0 Å². The normalized spacial score (nSPS) is 19.2. The van der Waals surface area contributed by atoms with E-state index in [0.717, 1.165) is 30.5 Å². The Morgan fingerprint density at radius 3 is 2.71 bits per heavy atom. The lowest BCUT2D eigenvalue weighted by molar-refractivity contribution is 0.258. The van der Waals surface area contributed by atoms with Crippen LogP contribution in [0.1, 0.15) is 24.9 Å². The maximum atomic E-state index is 12.6. The zero-order valence-electron chi connectivity index (χ0n) is 16.0. The first-order valence-electron chi connectivity index (χ1n) is 9.71. The number of hydrogen-bond donors (Lipinski definition) is 1. The standard InChI is InChI=1S/C21H26N4O2S/c1-17(18-7-3-2-4-8-18)24-12-11-19(15-24)23-28(26,27)14-13-25-16-22-20-9-5-6-10-21(20)25/h2-10,16-17,19,23H,11-15H2,1H3. The van der Waals surface area contributed by atoms with Gasteiger partial charge in [-0.15, -0.1) is 0 Å². The van der Waals surface area contributed by atoms with Gasteiger partial charge in [0.15, 0.2) is 0 Å². The van der Waals surface area contributed by atoms with E-state index in [2.05, 4.69) is 33.7 Å². The number of likely N-dealkylation sites (tertiary alicyclic amines) is 1. The number of imidazole rings is 1. The zero-order valence-corrected chi connectivity index (χ0v) is 16.8. The first kappa shape index (κ1) is 19.1. The smallest absolute Gasteiger partial charge is 0.213 e. The molecule has 2 unspecified atom stereocenters. The Hall–Kier alpha value is -2.22. The summed E-state index contributed by atoms with van der Waals surface area (Å²) in [6.07, 6.45) is 2.55. The van der Waals surface area contributed by atoms with Crippen molar-refractivity contribution in [3.8, 4) is 0 Å². The van der Waals surface area contributed by atoms with Crippen LogP contribution in [0.2, 0.25) is 0 Å². The van der Waals surface area contributed by atoms with Crippen molar-refractivity contribution in [2.24, 2.45) is 0 Å². The van der Waals surface area contributed by atoms with Crippen molar-refractivity contribution in [1.29, 1.82) is 0 Å². The second-order valence-corrected chi connectivity index (χ2v) is 9.30. The molecule has 1 aliphatic rings. The van der Waals surface area contributed by atoms with E-state index in [-0.39, 0.29) is 17.8 Å². The average Bonchev–Trinajstić information content (AvgIpc) is 3.33. The number of benzene rings is 2. The van der Waals surface area contributed by atoms with E-state index in [4.69, 9.17) is 0 Å². The van der Waals surface area contributed by atoms with Crippen molar-refractivity contribution < 1.29 is 8.42 Å². The van der Waals surface area contributed by atoms with Crippen LogP contribution in [-0.2, 0) is 16.6 Å². The summed E-state index contributed by atoms with van der Waals surface area (Å²) < 4.78 is 30.0. The molecule has 1 aromatic heterocycles. The number of para-hydroxylation sites is 2. The molecule has 1 saturated heterocycles. The van der Waals surface area contributed by atoms with Crippen molar-refractivity contribution in [2.45, 2.75) is 32.0 Å². The van der Waals surface area contributed by atoms with Crippen LogP contribution in [0.5, 0.6) is 0 Å². The van der Waals surface area contributed by atoms with E-state index in [1.165, 1.54) is 5.56 Å². The van der Waals surface area contributed by atoms with Crippen molar-refractivity contribution in [2.75, 3.05) is 18.8 Å². The number of nitrogens with zero attached hydrogens (tertiary/aromatic N) is 3. The molecule has 0 aliphatic carbocycles. The predicted octanol–water partition coefficient (Wildman–Crippen LogP) is 2.79. The lowest BCUT2D eigenvalue weighted by Gasteiger charge is -2.24. The third kappa shape index (κ3) is 4.27. The van der Waals surface area contributed by atoms with Gasteiger partial charge in [-0.25, -0.2) is 18.1 Å². The number of sulfonamides is 1. The fourth-order valence-electron chi connectivity index (χ4n) is 3.90. The molecular formula is C21H26N4O2S. The molecule has 28 heavy (non-hydrogen) atoms. The Morgan fingerprint density at radius 2 is 1.89 bits per heavy atom. The van der Waals surface area contributed by atoms with E-state index in [1.54, 1.807) is 6.33 Å². The van der Waals surface area contributed by atoms with Crippen LogP contribution in [0.15, 0.2) is 60.9 Å². The van der Waals surface area contributed by atoms with Crippen molar-refractivity contribution >= 4 is 21.1 Å². The summed E-state index contributed by atoms with van der Waals surface area (Å²) in [5.74, 6) is 0.0537. The van der Waals surface area contributed by atoms with E-state index < -0.39 is 10.0 Å². The van der Waals surface area contributed by atoms with Gasteiger partial charge in [0.05, 0.1) is 23.1 Å². The van der Waals surface area contributed by atoms with Crippen molar-refractivity contribution in [3.05, 3.63) is 66.5 Å². The summed E-state index contributed by atoms with van der Waals surface area (Å²) in [5, 5.41) is 0. The highest BCUT2D eigenvalue weighted by atomic mass is 32.2. The number of rotatable bonds is 7. The highest BCUT2D eigenvalue weighted by Gasteiger charge is 2.29. The third-order valence-corrected chi connectivity index (χ3v) is 6.94. The molecule has 1 fully saturated rings. The molecule has 2 aromatic carbocycles. The van der Waals surface area contributed by atoms with Gasteiger partial charge < -0.3 is 4.57 Å². The van der Waals surface area contributed by atoms with Gasteiger partial charge in [-0.05, 0) is 31.0 Å². The molecule has 1 aliphatic heterocycles. The van der Waals surface area contributed by atoms with Crippen LogP contribution in [0.3, 0.4) is 0 Å². The molecule has 3 aromatic rings. The first-order valence-corrected chi connectivity index (χ1v) is 11.4. The molecule has 0 bridgehead atoms. The molecule has 148 valence electrons. The van der Waals surface area contributed by atoms with Gasteiger partial charge in [-0.1, -0.05) is 42.5 Å². The maximum absolute atomic E-state index is 12.6. The van der Waals surface area contributed by atoms with Gasteiger partial charge in [0.2, 0.25) is 10.0 Å². The number of fused-ring (bicyclic) bond motifs is 1. The Labute approximate surface area is 166 Å².